The fourth-order valence-electron chi connectivity index (χ4n) is 3.01. The van der Waals surface area contributed by atoms with E-state index in [4.69, 9.17) is 4.42 Å². The molecule has 1 aliphatic rings. The summed E-state index contributed by atoms with van der Waals surface area (Å²) in [6, 6.07) is 8.64. The molecule has 0 saturated carbocycles. The van der Waals surface area contributed by atoms with Crippen LogP contribution in [0.25, 0.3) is 11.5 Å². The maximum atomic E-state index is 12.4. The number of amides is 2. The van der Waals surface area contributed by atoms with Gasteiger partial charge < -0.3 is 14.6 Å². The molecule has 28 heavy (non-hydrogen) atoms. The Morgan fingerprint density at radius 3 is 2.50 bits per heavy atom. The Labute approximate surface area is 163 Å². The summed E-state index contributed by atoms with van der Waals surface area (Å²) in [6.45, 7) is 3.65. The van der Waals surface area contributed by atoms with Gasteiger partial charge in [0.25, 0.3) is 0 Å². The van der Waals surface area contributed by atoms with E-state index in [2.05, 4.69) is 10.3 Å². The number of carbonyl (C=O) groups is 2. The van der Waals surface area contributed by atoms with Gasteiger partial charge in [-0.25, -0.2) is 13.4 Å². The molecule has 1 aromatic carbocycles. The summed E-state index contributed by atoms with van der Waals surface area (Å²) >= 11 is 0. The number of nitrogens with zero attached hydrogens (tertiary/aromatic N) is 2. The first kappa shape index (κ1) is 20.1. The van der Waals surface area contributed by atoms with Crippen molar-refractivity contribution in [1.29, 1.82) is 0 Å². The molecule has 0 radical (unpaired) electrons. The van der Waals surface area contributed by atoms with Gasteiger partial charge in [0.05, 0.1) is 23.6 Å². The van der Waals surface area contributed by atoms with E-state index in [9.17, 15) is 18.0 Å². The minimum atomic E-state index is -3.06. The topological polar surface area (TPSA) is 110 Å². The number of hydrogen-bond acceptors (Lipinski definition) is 6. The lowest BCUT2D eigenvalue weighted by atomic mass is 10.2. The molecule has 8 nitrogen and oxygen atoms in total. The fourth-order valence-corrected chi connectivity index (χ4v) is 4.21. The highest BCUT2D eigenvalue weighted by molar-refractivity contribution is 7.91. The Morgan fingerprint density at radius 1 is 1.21 bits per heavy atom. The van der Waals surface area contributed by atoms with Gasteiger partial charge in [0.15, 0.2) is 9.84 Å². The van der Waals surface area contributed by atoms with Gasteiger partial charge in [0.2, 0.25) is 17.7 Å². The predicted octanol–water partition coefficient (Wildman–Crippen LogP) is 0.954. The van der Waals surface area contributed by atoms with Crippen molar-refractivity contribution in [3.8, 4) is 11.5 Å². The first-order chi connectivity index (χ1) is 13.2. The molecule has 0 aliphatic carbocycles. The molecule has 1 unspecified atom stereocenters. The van der Waals surface area contributed by atoms with E-state index in [1.807, 2.05) is 30.3 Å². The number of rotatable bonds is 5. The zero-order chi connectivity index (χ0) is 20.3. The van der Waals surface area contributed by atoms with E-state index in [0.29, 0.717) is 17.3 Å². The van der Waals surface area contributed by atoms with Crippen molar-refractivity contribution in [2.45, 2.75) is 26.3 Å². The molecular weight excluding hydrogens is 382 g/mol. The Bertz CT molecular complexity index is 955. The average molecular weight is 405 g/mol. The summed E-state index contributed by atoms with van der Waals surface area (Å²) in [6.07, 6.45) is -0.00579. The molecule has 1 atom stereocenters. The summed E-state index contributed by atoms with van der Waals surface area (Å²) in [5.74, 6) is 0.278. The number of carbonyl (C=O) groups excluding carboxylic acids is 2. The van der Waals surface area contributed by atoms with Gasteiger partial charge in [-0.15, -0.1) is 0 Å². The minimum absolute atomic E-state index is 0.00579. The summed E-state index contributed by atoms with van der Waals surface area (Å²) in [5.41, 5.74) is 1.33. The van der Waals surface area contributed by atoms with E-state index in [-0.39, 0.29) is 42.8 Å². The first-order valence-corrected chi connectivity index (χ1v) is 10.9. The zero-order valence-electron chi connectivity index (χ0n) is 15.8. The molecule has 1 N–H and O–H groups in total. The van der Waals surface area contributed by atoms with Crippen LogP contribution in [-0.4, -0.2) is 60.8 Å². The van der Waals surface area contributed by atoms with Crippen molar-refractivity contribution in [2.24, 2.45) is 0 Å². The molecule has 150 valence electrons. The van der Waals surface area contributed by atoms with Gasteiger partial charge in [0.1, 0.15) is 11.8 Å². The highest BCUT2D eigenvalue weighted by atomic mass is 32.2. The van der Waals surface area contributed by atoms with Gasteiger partial charge in [-0.1, -0.05) is 18.2 Å². The first-order valence-electron chi connectivity index (χ1n) is 9.05. The number of aryl methyl sites for hydroxylation is 1. The molecule has 1 fully saturated rings. The second-order valence-electron chi connectivity index (χ2n) is 6.83. The average Bonchev–Trinajstić information content (AvgIpc) is 3.02. The number of oxazole rings is 1. The maximum absolute atomic E-state index is 12.4. The molecule has 1 aliphatic heterocycles. The van der Waals surface area contributed by atoms with Gasteiger partial charge in [-0.2, -0.15) is 0 Å². The molecular formula is C19H23N3O5S. The molecule has 2 heterocycles. The van der Waals surface area contributed by atoms with Crippen LogP contribution in [-0.2, 0) is 25.8 Å². The van der Waals surface area contributed by atoms with Crippen LogP contribution in [0, 0.1) is 6.92 Å². The van der Waals surface area contributed by atoms with Crippen molar-refractivity contribution in [2.75, 3.05) is 24.6 Å². The quantitative estimate of drug-likeness (QED) is 0.793. The van der Waals surface area contributed by atoms with Crippen LogP contribution >= 0.6 is 0 Å². The molecule has 1 saturated heterocycles. The Hall–Kier alpha value is -2.68. The number of benzene rings is 1. The maximum Gasteiger partial charge on any atom is 0.244 e. The molecule has 0 spiro atoms. The van der Waals surface area contributed by atoms with E-state index < -0.39 is 15.9 Å². The number of aromatic nitrogens is 1. The van der Waals surface area contributed by atoms with Gasteiger partial charge in [-0.3, -0.25) is 9.59 Å². The third-order valence-electron chi connectivity index (χ3n) is 4.65. The minimum Gasteiger partial charge on any atom is -0.441 e. The van der Waals surface area contributed by atoms with Gasteiger partial charge in [0, 0.05) is 18.7 Å². The van der Waals surface area contributed by atoms with Crippen LogP contribution in [0.3, 0.4) is 0 Å². The molecule has 0 bridgehead atoms. The third-order valence-corrected chi connectivity index (χ3v) is 6.25. The Balaban J connectivity index is 1.58. The van der Waals surface area contributed by atoms with Crippen molar-refractivity contribution in [1.82, 2.24) is 15.2 Å². The fraction of sp³-hybridized carbons (Fsp3) is 0.421. The second kappa shape index (κ2) is 8.14. The van der Waals surface area contributed by atoms with Gasteiger partial charge >= 0.3 is 0 Å². The molecule has 1 aromatic heterocycles. The summed E-state index contributed by atoms with van der Waals surface area (Å²) in [5, 5.41) is 2.66. The lowest BCUT2D eigenvalue weighted by Gasteiger charge is -2.29. The molecule has 9 heteroatoms. The van der Waals surface area contributed by atoms with Crippen LogP contribution in [0.1, 0.15) is 18.4 Å². The van der Waals surface area contributed by atoms with Crippen LogP contribution in [0.5, 0.6) is 0 Å². The predicted molar refractivity (Wildman–Crippen MR) is 103 cm³/mol. The normalized spacial score (nSPS) is 17.1. The Morgan fingerprint density at radius 2 is 1.86 bits per heavy atom. The van der Waals surface area contributed by atoms with E-state index in [1.54, 1.807) is 13.8 Å². The lowest BCUT2D eigenvalue weighted by molar-refractivity contribution is -0.135. The van der Waals surface area contributed by atoms with E-state index in [1.165, 1.54) is 4.90 Å². The summed E-state index contributed by atoms with van der Waals surface area (Å²) in [7, 11) is -3.06. The smallest absolute Gasteiger partial charge is 0.244 e. The van der Waals surface area contributed by atoms with Crippen molar-refractivity contribution in [3.63, 3.8) is 0 Å². The van der Waals surface area contributed by atoms with E-state index in [0.717, 1.165) is 5.56 Å². The summed E-state index contributed by atoms with van der Waals surface area (Å²) in [4.78, 5) is 30.6. The van der Waals surface area contributed by atoms with Gasteiger partial charge in [-0.05, 0) is 26.0 Å². The van der Waals surface area contributed by atoms with Crippen molar-refractivity contribution < 1.29 is 22.4 Å². The van der Waals surface area contributed by atoms with Crippen molar-refractivity contribution >= 4 is 21.7 Å². The number of nitrogens with one attached hydrogen (secondary N) is 1. The van der Waals surface area contributed by atoms with Crippen molar-refractivity contribution in [3.05, 3.63) is 41.8 Å². The monoisotopic (exact) mass is 405 g/mol. The largest absolute Gasteiger partial charge is 0.441 e. The summed E-state index contributed by atoms with van der Waals surface area (Å²) < 4.78 is 28.6. The van der Waals surface area contributed by atoms with Crippen LogP contribution in [0.2, 0.25) is 0 Å². The van der Waals surface area contributed by atoms with Crippen LogP contribution < -0.4 is 5.32 Å². The molecule has 2 amide bonds. The van der Waals surface area contributed by atoms with E-state index >= 15 is 0 Å². The van der Waals surface area contributed by atoms with Crippen LogP contribution in [0.15, 0.2) is 34.7 Å². The Kier molecular flexibility index (Phi) is 5.83. The number of hydrogen-bond donors (Lipinski definition) is 1. The number of sulfone groups is 1. The standard InChI is InChI=1S/C19H23N3O5S/c1-13(19(24)22-8-10-28(25,26)11-9-22)20-17(23)12-16-14(2)27-18(21-16)15-6-4-3-5-7-15/h3-7,13H,8-12H2,1-2H3,(H,20,23). The SMILES string of the molecule is Cc1oc(-c2ccccc2)nc1CC(=O)NC(C)C(=O)N1CCS(=O)(=O)CC1. The molecule has 3 rings (SSSR count). The highest BCUT2D eigenvalue weighted by Gasteiger charge is 2.28. The third kappa shape index (κ3) is 4.78. The lowest BCUT2D eigenvalue weighted by Crippen LogP contribution is -2.51. The van der Waals surface area contributed by atoms with Crippen LogP contribution in [0.4, 0.5) is 0 Å². The zero-order valence-corrected chi connectivity index (χ0v) is 16.7. The second-order valence-corrected chi connectivity index (χ2v) is 9.13. The molecule has 2 aromatic rings. The highest BCUT2D eigenvalue weighted by Crippen LogP contribution is 2.21.